The molecule has 178 valence electrons. The van der Waals surface area contributed by atoms with E-state index in [9.17, 15) is 9.59 Å². The Labute approximate surface area is 200 Å². The predicted molar refractivity (Wildman–Crippen MR) is 128 cm³/mol. The van der Waals surface area contributed by atoms with Gasteiger partial charge in [0.25, 0.3) is 5.91 Å². The van der Waals surface area contributed by atoms with Crippen LogP contribution in [0.15, 0.2) is 59.9 Å². The van der Waals surface area contributed by atoms with E-state index in [-0.39, 0.29) is 29.5 Å². The van der Waals surface area contributed by atoms with Gasteiger partial charge < -0.3 is 19.1 Å². The number of hydrogen-bond acceptors (Lipinski definition) is 5. The molecule has 5 rings (SSSR count). The van der Waals surface area contributed by atoms with Crippen molar-refractivity contribution in [2.24, 2.45) is 11.8 Å². The van der Waals surface area contributed by atoms with Crippen molar-refractivity contribution in [3.8, 4) is 11.5 Å². The minimum absolute atomic E-state index is 0.0823. The summed E-state index contributed by atoms with van der Waals surface area (Å²) in [6.45, 7) is 2.67. The quantitative estimate of drug-likeness (QED) is 0.634. The highest BCUT2D eigenvalue weighted by molar-refractivity contribution is 6.11. The highest BCUT2D eigenvalue weighted by atomic mass is 16.5. The van der Waals surface area contributed by atoms with Gasteiger partial charge in [0, 0.05) is 6.54 Å². The van der Waals surface area contributed by atoms with Crippen molar-refractivity contribution >= 4 is 11.7 Å². The number of amides is 1. The monoisotopic (exact) mass is 461 g/mol. The fraction of sp³-hybridized carbons (Fsp3) is 0.429. The maximum Gasteiger partial charge on any atom is 0.290 e. The standard InChI is InChI=1S/C28H31NO5/c1-17-4-13-23-22(16-17)26(30)24-25(19-7-11-21(33-3)12-8-19)29(28(31)27(24)34-23)15-14-18-5-9-20(32-2)10-6-18/h5-12,17,22-23,25H,4,13-16H2,1-3H3. The average molecular weight is 462 g/mol. The molecule has 0 aromatic heterocycles. The van der Waals surface area contributed by atoms with Gasteiger partial charge in [-0.1, -0.05) is 31.2 Å². The summed E-state index contributed by atoms with van der Waals surface area (Å²) in [7, 11) is 3.27. The number of Topliss-reactive ketones (excluding diaryl/α,β-unsaturated/α-hetero) is 1. The summed E-state index contributed by atoms with van der Waals surface area (Å²) in [5.41, 5.74) is 2.52. The SMILES string of the molecule is COc1ccc(CCN2C(=O)C3=C(C(=O)C4CC(C)CCC4O3)C2c2ccc(OC)cc2)cc1. The molecule has 1 aliphatic carbocycles. The Bertz CT molecular complexity index is 1100. The first-order valence-electron chi connectivity index (χ1n) is 12.0. The van der Waals surface area contributed by atoms with E-state index >= 15 is 0 Å². The lowest BCUT2D eigenvalue weighted by Gasteiger charge is -2.37. The summed E-state index contributed by atoms with van der Waals surface area (Å²) in [4.78, 5) is 29.2. The molecule has 0 spiro atoms. The number of hydrogen-bond donors (Lipinski definition) is 0. The smallest absolute Gasteiger partial charge is 0.290 e. The highest BCUT2D eigenvalue weighted by Crippen LogP contribution is 2.47. The zero-order valence-electron chi connectivity index (χ0n) is 20.0. The third-order valence-corrected chi connectivity index (χ3v) is 7.44. The lowest BCUT2D eigenvalue weighted by molar-refractivity contribution is -0.136. The third kappa shape index (κ3) is 3.95. The largest absolute Gasteiger partial charge is 0.497 e. The van der Waals surface area contributed by atoms with E-state index in [1.54, 1.807) is 19.1 Å². The van der Waals surface area contributed by atoms with E-state index < -0.39 is 6.04 Å². The molecule has 34 heavy (non-hydrogen) atoms. The number of benzene rings is 2. The first-order chi connectivity index (χ1) is 16.5. The molecule has 1 amide bonds. The second-order valence-electron chi connectivity index (χ2n) is 9.56. The van der Waals surface area contributed by atoms with Gasteiger partial charge in [-0.3, -0.25) is 9.59 Å². The van der Waals surface area contributed by atoms with Crippen LogP contribution in [0.25, 0.3) is 0 Å². The lowest BCUT2D eigenvalue weighted by Crippen LogP contribution is -2.41. The summed E-state index contributed by atoms with van der Waals surface area (Å²) in [6, 6.07) is 15.0. The molecule has 0 N–H and O–H groups in total. The van der Waals surface area contributed by atoms with Crippen molar-refractivity contribution in [3.05, 3.63) is 71.0 Å². The Balaban J connectivity index is 1.48. The molecule has 6 heteroatoms. The maximum atomic E-state index is 13.8. The number of ether oxygens (including phenoxy) is 3. The zero-order valence-corrected chi connectivity index (χ0v) is 20.0. The number of nitrogens with zero attached hydrogens (tertiary/aromatic N) is 1. The summed E-state index contributed by atoms with van der Waals surface area (Å²) in [6.07, 6.45) is 3.13. The van der Waals surface area contributed by atoms with Crippen LogP contribution in [0.1, 0.15) is 43.4 Å². The molecule has 3 aliphatic rings. The minimum atomic E-state index is -0.447. The van der Waals surface area contributed by atoms with Crippen LogP contribution in [-0.4, -0.2) is 43.5 Å². The van der Waals surface area contributed by atoms with E-state index in [1.165, 1.54) is 0 Å². The van der Waals surface area contributed by atoms with Crippen molar-refractivity contribution in [3.63, 3.8) is 0 Å². The fourth-order valence-corrected chi connectivity index (χ4v) is 5.53. The van der Waals surface area contributed by atoms with Gasteiger partial charge in [0.1, 0.15) is 17.6 Å². The lowest BCUT2D eigenvalue weighted by atomic mass is 9.74. The predicted octanol–water partition coefficient (Wildman–Crippen LogP) is 4.49. The minimum Gasteiger partial charge on any atom is -0.497 e. The highest BCUT2D eigenvalue weighted by Gasteiger charge is 2.52. The summed E-state index contributed by atoms with van der Waals surface area (Å²) in [5.74, 6) is 2.01. The Hall–Kier alpha value is -3.28. The van der Waals surface area contributed by atoms with Crippen LogP contribution in [0.5, 0.6) is 11.5 Å². The number of rotatable bonds is 6. The normalized spacial score (nSPS) is 26.1. The second kappa shape index (κ2) is 9.16. The van der Waals surface area contributed by atoms with E-state index in [4.69, 9.17) is 14.2 Å². The zero-order chi connectivity index (χ0) is 23.8. The van der Waals surface area contributed by atoms with Crippen LogP contribution in [0.3, 0.4) is 0 Å². The molecular formula is C28H31NO5. The maximum absolute atomic E-state index is 13.8. The number of methoxy groups -OCH3 is 2. The summed E-state index contributed by atoms with van der Waals surface area (Å²) < 4.78 is 16.9. The van der Waals surface area contributed by atoms with Gasteiger partial charge in [0.15, 0.2) is 11.5 Å². The Morgan fingerprint density at radius 3 is 2.24 bits per heavy atom. The van der Waals surface area contributed by atoms with E-state index in [1.807, 2.05) is 48.5 Å². The number of carbonyl (C=O) groups excluding carboxylic acids is 2. The summed E-state index contributed by atoms with van der Waals surface area (Å²) >= 11 is 0. The van der Waals surface area contributed by atoms with Crippen LogP contribution >= 0.6 is 0 Å². The third-order valence-electron chi connectivity index (χ3n) is 7.44. The molecule has 6 nitrogen and oxygen atoms in total. The molecule has 2 heterocycles. The van der Waals surface area contributed by atoms with Crippen molar-refractivity contribution in [1.82, 2.24) is 4.90 Å². The van der Waals surface area contributed by atoms with Gasteiger partial charge in [-0.15, -0.1) is 0 Å². The molecule has 4 atom stereocenters. The topological polar surface area (TPSA) is 65.1 Å². The molecule has 1 saturated carbocycles. The van der Waals surface area contributed by atoms with Crippen LogP contribution in [0.4, 0.5) is 0 Å². The number of fused-ring (bicyclic) bond motifs is 1. The Morgan fingerprint density at radius 1 is 0.941 bits per heavy atom. The molecule has 2 aliphatic heterocycles. The second-order valence-corrected chi connectivity index (χ2v) is 9.56. The van der Waals surface area contributed by atoms with Crippen molar-refractivity contribution < 1.29 is 23.8 Å². The average Bonchev–Trinajstić information content (AvgIpc) is 3.15. The molecule has 1 fully saturated rings. The van der Waals surface area contributed by atoms with Gasteiger partial charge in [-0.05, 0) is 67.0 Å². The van der Waals surface area contributed by atoms with Gasteiger partial charge in [0.05, 0.1) is 31.8 Å². The van der Waals surface area contributed by atoms with Crippen LogP contribution in [0.2, 0.25) is 0 Å². The molecule has 0 radical (unpaired) electrons. The van der Waals surface area contributed by atoms with Crippen LogP contribution in [-0.2, 0) is 20.7 Å². The van der Waals surface area contributed by atoms with Crippen molar-refractivity contribution in [2.75, 3.05) is 20.8 Å². The van der Waals surface area contributed by atoms with E-state index in [0.29, 0.717) is 24.5 Å². The Kier molecular flexibility index (Phi) is 6.07. The molecule has 2 aromatic rings. The van der Waals surface area contributed by atoms with Crippen molar-refractivity contribution in [1.29, 1.82) is 0 Å². The Morgan fingerprint density at radius 2 is 1.59 bits per heavy atom. The van der Waals surface area contributed by atoms with Gasteiger partial charge in [-0.25, -0.2) is 0 Å². The number of ketones is 1. The van der Waals surface area contributed by atoms with Crippen LogP contribution in [0, 0.1) is 11.8 Å². The first-order valence-corrected chi connectivity index (χ1v) is 12.0. The molecule has 4 unspecified atom stereocenters. The first kappa shape index (κ1) is 22.5. The van der Waals surface area contributed by atoms with E-state index in [0.717, 1.165) is 41.9 Å². The molecule has 0 saturated heterocycles. The van der Waals surface area contributed by atoms with Gasteiger partial charge in [0.2, 0.25) is 0 Å². The molecule has 0 bridgehead atoms. The van der Waals surface area contributed by atoms with Crippen LogP contribution < -0.4 is 9.47 Å². The summed E-state index contributed by atoms with van der Waals surface area (Å²) in [5, 5.41) is 0. The van der Waals surface area contributed by atoms with E-state index in [2.05, 4.69) is 6.92 Å². The molecular weight excluding hydrogens is 430 g/mol. The molecule has 2 aromatic carbocycles. The van der Waals surface area contributed by atoms with Gasteiger partial charge >= 0.3 is 0 Å². The number of carbonyl (C=O) groups is 2. The fourth-order valence-electron chi connectivity index (χ4n) is 5.53. The van der Waals surface area contributed by atoms with Crippen molar-refractivity contribution in [2.45, 2.75) is 44.8 Å². The van der Waals surface area contributed by atoms with Gasteiger partial charge in [-0.2, -0.15) is 0 Å².